The number of hydrogen-bond acceptors (Lipinski definition) is 2. The predicted molar refractivity (Wildman–Crippen MR) is 70.8 cm³/mol. The second-order valence-electron chi connectivity index (χ2n) is 4.81. The third-order valence-electron chi connectivity index (χ3n) is 3.31. The van der Waals surface area contributed by atoms with Gasteiger partial charge in [-0.1, -0.05) is 25.0 Å². The Bertz CT molecular complexity index is 391. The summed E-state index contributed by atoms with van der Waals surface area (Å²) >= 11 is 1.76. The summed E-state index contributed by atoms with van der Waals surface area (Å²) < 4.78 is 26.4. The first kappa shape index (κ1) is 13.8. The topological polar surface area (TPSA) is 20.2 Å². The first-order valence-corrected chi connectivity index (χ1v) is 7.44. The predicted octanol–water partition coefficient (Wildman–Crippen LogP) is 3.54. The molecule has 0 aromatic heterocycles. The van der Waals surface area contributed by atoms with Crippen molar-refractivity contribution in [2.75, 3.05) is 5.75 Å². The molecule has 2 rings (SSSR count). The van der Waals surface area contributed by atoms with Gasteiger partial charge in [-0.3, -0.25) is 0 Å². The van der Waals surface area contributed by atoms with E-state index in [9.17, 15) is 13.9 Å². The molecule has 1 aromatic carbocycles. The van der Waals surface area contributed by atoms with Gasteiger partial charge in [-0.15, -0.1) is 0 Å². The van der Waals surface area contributed by atoms with Crippen molar-refractivity contribution in [2.45, 2.75) is 43.5 Å². The van der Waals surface area contributed by atoms with E-state index in [1.54, 1.807) is 11.8 Å². The molecular formula is C14H18F2OS. The van der Waals surface area contributed by atoms with Crippen molar-refractivity contribution in [3.8, 4) is 0 Å². The summed E-state index contributed by atoms with van der Waals surface area (Å²) in [6, 6.07) is 4.10. The lowest BCUT2D eigenvalue weighted by atomic mass is 10.1. The maximum atomic E-state index is 13.4. The average molecular weight is 272 g/mol. The van der Waals surface area contributed by atoms with Crippen LogP contribution in [0, 0.1) is 11.6 Å². The normalized spacial score (nSPS) is 18.2. The standard InChI is InChI=1S/C14H18F2OS/c15-13-7-3-4-10(14(13)16)8-11(17)9-18-12-5-1-2-6-12/h3-4,7,11-12,17H,1-2,5-6,8-9H2. The van der Waals surface area contributed by atoms with Gasteiger partial charge in [0, 0.05) is 17.4 Å². The lowest BCUT2D eigenvalue weighted by Crippen LogP contribution is -2.16. The lowest BCUT2D eigenvalue weighted by Gasteiger charge is -2.14. The number of rotatable bonds is 5. The van der Waals surface area contributed by atoms with Crippen LogP contribution in [0.2, 0.25) is 0 Å². The number of benzene rings is 1. The van der Waals surface area contributed by atoms with Crippen molar-refractivity contribution >= 4 is 11.8 Å². The van der Waals surface area contributed by atoms with E-state index in [1.807, 2.05) is 0 Å². The summed E-state index contributed by atoms with van der Waals surface area (Å²) in [5.41, 5.74) is 0.259. The Morgan fingerprint density at radius 1 is 1.28 bits per heavy atom. The molecule has 0 amide bonds. The van der Waals surface area contributed by atoms with E-state index >= 15 is 0 Å². The molecule has 0 heterocycles. The SMILES string of the molecule is OC(CSC1CCCC1)Cc1cccc(F)c1F. The second kappa shape index (κ2) is 6.53. The molecule has 0 aliphatic heterocycles. The summed E-state index contributed by atoms with van der Waals surface area (Å²) in [7, 11) is 0. The van der Waals surface area contributed by atoms with Crippen molar-refractivity contribution in [3.05, 3.63) is 35.4 Å². The van der Waals surface area contributed by atoms with Crippen LogP contribution >= 0.6 is 11.8 Å². The first-order valence-electron chi connectivity index (χ1n) is 6.39. The summed E-state index contributed by atoms with van der Waals surface area (Å²) in [6.45, 7) is 0. The lowest BCUT2D eigenvalue weighted by molar-refractivity contribution is 0.198. The summed E-state index contributed by atoms with van der Waals surface area (Å²) in [4.78, 5) is 0. The van der Waals surface area contributed by atoms with Gasteiger partial charge in [0.05, 0.1) is 6.10 Å². The van der Waals surface area contributed by atoms with E-state index in [2.05, 4.69) is 0 Å². The molecule has 0 radical (unpaired) electrons. The number of halogens is 2. The fourth-order valence-electron chi connectivity index (χ4n) is 2.32. The Morgan fingerprint density at radius 2 is 2.00 bits per heavy atom. The molecule has 100 valence electrons. The van der Waals surface area contributed by atoms with Gasteiger partial charge in [-0.05, 0) is 24.5 Å². The summed E-state index contributed by atoms with van der Waals surface area (Å²) in [6.07, 6.45) is 4.55. The van der Waals surface area contributed by atoms with E-state index in [0.29, 0.717) is 11.0 Å². The number of thioether (sulfide) groups is 1. The average Bonchev–Trinajstić information content (AvgIpc) is 2.86. The Labute approximate surface area is 111 Å². The largest absolute Gasteiger partial charge is 0.392 e. The fraction of sp³-hybridized carbons (Fsp3) is 0.571. The van der Waals surface area contributed by atoms with Gasteiger partial charge in [0.25, 0.3) is 0 Å². The highest BCUT2D eigenvalue weighted by Crippen LogP contribution is 2.30. The maximum absolute atomic E-state index is 13.4. The molecule has 1 nitrogen and oxygen atoms in total. The maximum Gasteiger partial charge on any atom is 0.162 e. The number of aliphatic hydroxyl groups excluding tert-OH is 1. The smallest absolute Gasteiger partial charge is 0.162 e. The molecule has 1 atom stereocenters. The minimum absolute atomic E-state index is 0.184. The molecule has 1 aliphatic rings. The third kappa shape index (κ3) is 3.69. The quantitative estimate of drug-likeness (QED) is 0.884. The van der Waals surface area contributed by atoms with E-state index in [-0.39, 0.29) is 12.0 Å². The van der Waals surface area contributed by atoms with Crippen LogP contribution < -0.4 is 0 Å². The highest BCUT2D eigenvalue weighted by Gasteiger charge is 2.18. The fourth-order valence-corrected chi connectivity index (χ4v) is 3.60. The zero-order valence-electron chi connectivity index (χ0n) is 10.2. The number of aliphatic hydroxyl groups is 1. The molecule has 1 saturated carbocycles. The Hall–Kier alpha value is -0.610. The molecule has 0 bridgehead atoms. The molecule has 18 heavy (non-hydrogen) atoms. The second-order valence-corrected chi connectivity index (χ2v) is 6.14. The van der Waals surface area contributed by atoms with Gasteiger partial charge in [0.2, 0.25) is 0 Å². The van der Waals surface area contributed by atoms with Crippen molar-refractivity contribution in [2.24, 2.45) is 0 Å². The van der Waals surface area contributed by atoms with Crippen LogP contribution in [0.1, 0.15) is 31.2 Å². The van der Waals surface area contributed by atoms with Gasteiger partial charge in [0.1, 0.15) is 0 Å². The van der Waals surface area contributed by atoms with Crippen LogP contribution in [0.25, 0.3) is 0 Å². The van der Waals surface area contributed by atoms with Gasteiger partial charge in [0.15, 0.2) is 11.6 Å². The minimum Gasteiger partial charge on any atom is -0.392 e. The van der Waals surface area contributed by atoms with Crippen molar-refractivity contribution in [1.29, 1.82) is 0 Å². The number of hydrogen-bond donors (Lipinski definition) is 1. The summed E-state index contributed by atoms with van der Waals surface area (Å²) in [5, 5.41) is 10.5. The van der Waals surface area contributed by atoms with E-state index in [4.69, 9.17) is 0 Å². The van der Waals surface area contributed by atoms with Crippen LogP contribution in [-0.4, -0.2) is 22.2 Å². The van der Waals surface area contributed by atoms with E-state index in [0.717, 1.165) is 6.07 Å². The highest BCUT2D eigenvalue weighted by molar-refractivity contribution is 7.99. The molecule has 1 fully saturated rings. The van der Waals surface area contributed by atoms with Crippen LogP contribution in [0.4, 0.5) is 8.78 Å². The monoisotopic (exact) mass is 272 g/mol. The molecule has 4 heteroatoms. The third-order valence-corrected chi connectivity index (χ3v) is 4.83. The summed E-state index contributed by atoms with van der Waals surface area (Å²) in [5.74, 6) is -1.08. The first-order chi connectivity index (χ1) is 8.66. The molecule has 0 saturated heterocycles. The van der Waals surface area contributed by atoms with Crippen molar-refractivity contribution in [1.82, 2.24) is 0 Å². The Kier molecular flexibility index (Phi) is 5.01. The van der Waals surface area contributed by atoms with Gasteiger partial charge < -0.3 is 5.11 Å². The van der Waals surface area contributed by atoms with Gasteiger partial charge >= 0.3 is 0 Å². The van der Waals surface area contributed by atoms with Crippen LogP contribution in [0.15, 0.2) is 18.2 Å². The zero-order valence-corrected chi connectivity index (χ0v) is 11.1. The van der Waals surface area contributed by atoms with Crippen molar-refractivity contribution in [3.63, 3.8) is 0 Å². The van der Waals surface area contributed by atoms with Crippen LogP contribution in [0.3, 0.4) is 0 Å². The van der Waals surface area contributed by atoms with E-state index < -0.39 is 17.7 Å². The van der Waals surface area contributed by atoms with Crippen LogP contribution in [0.5, 0.6) is 0 Å². The zero-order chi connectivity index (χ0) is 13.0. The minimum atomic E-state index is -0.844. The Morgan fingerprint density at radius 3 is 2.72 bits per heavy atom. The molecule has 1 aliphatic carbocycles. The molecular weight excluding hydrogens is 254 g/mol. The Balaban J connectivity index is 1.82. The molecule has 1 aromatic rings. The van der Waals surface area contributed by atoms with Crippen molar-refractivity contribution < 1.29 is 13.9 Å². The molecule has 1 unspecified atom stereocenters. The van der Waals surface area contributed by atoms with Gasteiger partial charge in [-0.25, -0.2) is 8.78 Å². The van der Waals surface area contributed by atoms with Gasteiger partial charge in [-0.2, -0.15) is 11.8 Å². The van der Waals surface area contributed by atoms with Crippen LogP contribution in [-0.2, 0) is 6.42 Å². The highest BCUT2D eigenvalue weighted by atomic mass is 32.2. The molecule has 1 N–H and O–H groups in total. The molecule has 0 spiro atoms. The van der Waals surface area contributed by atoms with E-state index in [1.165, 1.54) is 37.8 Å².